The maximum Gasteiger partial charge on any atom is 0.227 e. The lowest BCUT2D eigenvalue weighted by atomic mass is 9.78. The van der Waals surface area contributed by atoms with Gasteiger partial charge in [-0.3, -0.25) is 9.69 Å². The Morgan fingerprint density at radius 1 is 1.32 bits per heavy atom. The third-order valence-corrected chi connectivity index (χ3v) is 3.99. The van der Waals surface area contributed by atoms with Gasteiger partial charge in [-0.2, -0.15) is 0 Å². The summed E-state index contributed by atoms with van der Waals surface area (Å²) in [6.45, 7) is 6.23. The number of hydrogen-bond acceptors (Lipinski definition) is 3. The summed E-state index contributed by atoms with van der Waals surface area (Å²) in [5.41, 5.74) is 6.03. The number of carbonyl (C=O) groups is 1. The highest BCUT2D eigenvalue weighted by Gasteiger charge is 2.33. The molecule has 1 aliphatic heterocycles. The van der Waals surface area contributed by atoms with Crippen LogP contribution in [0.5, 0.6) is 0 Å². The molecule has 0 spiro atoms. The standard InChI is InChI=1S/C15H22N2O2/c1-15(14(16)18,13-5-3-2-4-6-13)7-8-17-9-11-19-12-10-17/h2-6H,7-12H2,1H3,(H2,16,18). The average molecular weight is 262 g/mol. The Morgan fingerprint density at radius 3 is 2.53 bits per heavy atom. The van der Waals surface area contributed by atoms with Gasteiger partial charge in [0.25, 0.3) is 0 Å². The van der Waals surface area contributed by atoms with Crippen molar-refractivity contribution in [2.24, 2.45) is 5.73 Å². The fourth-order valence-electron chi connectivity index (χ4n) is 2.42. The van der Waals surface area contributed by atoms with E-state index in [4.69, 9.17) is 10.5 Å². The molecule has 0 aliphatic carbocycles. The molecule has 1 unspecified atom stereocenters. The summed E-state index contributed by atoms with van der Waals surface area (Å²) in [5.74, 6) is -0.257. The lowest BCUT2D eigenvalue weighted by molar-refractivity contribution is -0.123. The van der Waals surface area contributed by atoms with Gasteiger partial charge in [-0.05, 0) is 25.5 Å². The molecule has 0 radical (unpaired) electrons. The van der Waals surface area contributed by atoms with Gasteiger partial charge in [0.05, 0.1) is 18.6 Å². The average Bonchev–Trinajstić information content (AvgIpc) is 2.46. The van der Waals surface area contributed by atoms with Gasteiger partial charge in [0.15, 0.2) is 0 Å². The first-order valence-electron chi connectivity index (χ1n) is 6.78. The molecule has 1 atom stereocenters. The molecule has 1 fully saturated rings. The minimum absolute atomic E-state index is 0.257. The van der Waals surface area contributed by atoms with Crippen molar-refractivity contribution in [2.45, 2.75) is 18.8 Å². The second-order valence-corrected chi connectivity index (χ2v) is 5.27. The summed E-state index contributed by atoms with van der Waals surface area (Å²) in [4.78, 5) is 14.2. The van der Waals surface area contributed by atoms with Gasteiger partial charge in [0.2, 0.25) is 5.91 Å². The van der Waals surface area contributed by atoms with E-state index in [9.17, 15) is 4.79 Å². The van der Waals surface area contributed by atoms with E-state index in [0.717, 1.165) is 44.8 Å². The molecule has 2 N–H and O–H groups in total. The van der Waals surface area contributed by atoms with E-state index in [1.807, 2.05) is 37.3 Å². The molecule has 0 saturated carbocycles. The fourth-order valence-corrected chi connectivity index (χ4v) is 2.42. The molecular weight excluding hydrogens is 240 g/mol. The Morgan fingerprint density at radius 2 is 1.95 bits per heavy atom. The minimum Gasteiger partial charge on any atom is -0.379 e. The Labute approximate surface area is 114 Å². The molecule has 0 bridgehead atoms. The topological polar surface area (TPSA) is 55.6 Å². The summed E-state index contributed by atoms with van der Waals surface area (Å²) in [6.07, 6.45) is 0.742. The molecule has 104 valence electrons. The molecule has 4 heteroatoms. The molecular formula is C15H22N2O2. The number of primary amides is 1. The monoisotopic (exact) mass is 262 g/mol. The molecule has 1 amide bonds. The van der Waals surface area contributed by atoms with Crippen molar-refractivity contribution >= 4 is 5.91 Å². The van der Waals surface area contributed by atoms with Crippen LogP contribution in [0.4, 0.5) is 0 Å². The lowest BCUT2D eigenvalue weighted by Gasteiger charge is -2.32. The lowest BCUT2D eigenvalue weighted by Crippen LogP contribution is -2.44. The highest BCUT2D eigenvalue weighted by atomic mass is 16.5. The Hall–Kier alpha value is -1.39. The molecule has 1 aromatic carbocycles. The first-order chi connectivity index (χ1) is 9.13. The van der Waals surface area contributed by atoms with E-state index in [1.54, 1.807) is 0 Å². The predicted octanol–water partition coefficient (Wildman–Crippen LogP) is 1.15. The van der Waals surface area contributed by atoms with Crippen LogP contribution in [0.1, 0.15) is 18.9 Å². The fraction of sp³-hybridized carbons (Fsp3) is 0.533. The molecule has 1 aliphatic rings. The summed E-state index contributed by atoms with van der Waals surface area (Å²) < 4.78 is 5.33. The van der Waals surface area contributed by atoms with Gasteiger partial charge in [-0.15, -0.1) is 0 Å². The Balaban J connectivity index is 2.05. The van der Waals surface area contributed by atoms with Gasteiger partial charge >= 0.3 is 0 Å². The number of nitrogens with two attached hydrogens (primary N) is 1. The molecule has 4 nitrogen and oxygen atoms in total. The summed E-state index contributed by atoms with van der Waals surface area (Å²) in [6, 6.07) is 9.80. The van der Waals surface area contributed by atoms with Crippen molar-refractivity contribution in [1.29, 1.82) is 0 Å². The first kappa shape index (κ1) is 14.0. The van der Waals surface area contributed by atoms with Crippen LogP contribution < -0.4 is 5.73 Å². The number of hydrogen-bond donors (Lipinski definition) is 1. The summed E-state index contributed by atoms with van der Waals surface area (Å²) >= 11 is 0. The normalized spacial score (nSPS) is 19.8. The zero-order valence-corrected chi connectivity index (χ0v) is 11.5. The first-order valence-corrected chi connectivity index (χ1v) is 6.78. The highest BCUT2D eigenvalue weighted by molar-refractivity contribution is 5.86. The van der Waals surface area contributed by atoms with Crippen molar-refractivity contribution < 1.29 is 9.53 Å². The van der Waals surface area contributed by atoms with Gasteiger partial charge < -0.3 is 10.5 Å². The minimum atomic E-state index is -0.598. The van der Waals surface area contributed by atoms with Crippen molar-refractivity contribution in [3.63, 3.8) is 0 Å². The van der Waals surface area contributed by atoms with Crippen LogP contribution >= 0.6 is 0 Å². The highest BCUT2D eigenvalue weighted by Crippen LogP contribution is 2.27. The second-order valence-electron chi connectivity index (χ2n) is 5.27. The number of nitrogens with zero attached hydrogens (tertiary/aromatic N) is 1. The maximum absolute atomic E-state index is 11.9. The zero-order valence-electron chi connectivity index (χ0n) is 11.5. The van der Waals surface area contributed by atoms with Crippen molar-refractivity contribution in [1.82, 2.24) is 4.90 Å². The smallest absolute Gasteiger partial charge is 0.227 e. The van der Waals surface area contributed by atoms with Gasteiger partial charge in [0.1, 0.15) is 0 Å². The Kier molecular flexibility index (Phi) is 4.56. The van der Waals surface area contributed by atoms with E-state index in [1.165, 1.54) is 0 Å². The van der Waals surface area contributed by atoms with Crippen LogP contribution in [0.25, 0.3) is 0 Å². The molecule has 1 heterocycles. The largest absolute Gasteiger partial charge is 0.379 e. The van der Waals surface area contributed by atoms with E-state index < -0.39 is 5.41 Å². The van der Waals surface area contributed by atoms with Crippen molar-refractivity contribution in [3.05, 3.63) is 35.9 Å². The van der Waals surface area contributed by atoms with Gasteiger partial charge in [-0.25, -0.2) is 0 Å². The van der Waals surface area contributed by atoms with Crippen LogP contribution in [-0.4, -0.2) is 43.7 Å². The van der Waals surface area contributed by atoms with Crippen molar-refractivity contribution in [3.8, 4) is 0 Å². The molecule has 19 heavy (non-hydrogen) atoms. The maximum atomic E-state index is 11.9. The van der Waals surface area contributed by atoms with Crippen LogP contribution in [0.3, 0.4) is 0 Å². The molecule has 1 saturated heterocycles. The number of rotatable bonds is 5. The third-order valence-electron chi connectivity index (χ3n) is 3.99. The number of carbonyl (C=O) groups excluding carboxylic acids is 1. The zero-order chi connectivity index (χ0) is 13.7. The number of amides is 1. The number of ether oxygens (including phenoxy) is 1. The van der Waals surface area contributed by atoms with E-state index in [-0.39, 0.29) is 5.91 Å². The predicted molar refractivity (Wildman–Crippen MR) is 74.9 cm³/mol. The molecule has 1 aromatic rings. The third kappa shape index (κ3) is 3.33. The van der Waals surface area contributed by atoms with Crippen LogP contribution in [0.15, 0.2) is 30.3 Å². The van der Waals surface area contributed by atoms with Crippen LogP contribution in [0, 0.1) is 0 Å². The van der Waals surface area contributed by atoms with Crippen LogP contribution in [0.2, 0.25) is 0 Å². The van der Waals surface area contributed by atoms with E-state index in [0.29, 0.717) is 0 Å². The van der Waals surface area contributed by atoms with Crippen LogP contribution in [-0.2, 0) is 14.9 Å². The Bertz CT molecular complexity index is 415. The SMILES string of the molecule is CC(CCN1CCOCC1)(C(N)=O)c1ccccc1. The van der Waals surface area contributed by atoms with Gasteiger partial charge in [-0.1, -0.05) is 30.3 Å². The second kappa shape index (κ2) is 6.17. The summed E-state index contributed by atoms with van der Waals surface area (Å²) in [5, 5.41) is 0. The quantitative estimate of drug-likeness (QED) is 0.866. The van der Waals surface area contributed by atoms with E-state index in [2.05, 4.69) is 4.90 Å². The van der Waals surface area contributed by atoms with E-state index >= 15 is 0 Å². The number of morpholine rings is 1. The summed E-state index contributed by atoms with van der Waals surface area (Å²) in [7, 11) is 0. The van der Waals surface area contributed by atoms with Gasteiger partial charge in [0, 0.05) is 13.1 Å². The molecule has 2 rings (SSSR count). The number of benzene rings is 1. The van der Waals surface area contributed by atoms with Crippen molar-refractivity contribution in [2.75, 3.05) is 32.8 Å². The molecule has 0 aromatic heterocycles.